The van der Waals surface area contributed by atoms with Crippen molar-refractivity contribution < 1.29 is 9.47 Å². The second kappa shape index (κ2) is 25.7. The lowest BCUT2D eigenvalue weighted by Gasteiger charge is -2.09. The fourth-order valence-electron chi connectivity index (χ4n) is 2.54. The Bertz CT molecular complexity index is 917. The van der Waals surface area contributed by atoms with Crippen LogP contribution in [0.1, 0.15) is 37.8 Å². The summed E-state index contributed by atoms with van der Waals surface area (Å²) in [6.07, 6.45) is 23.9. The highest BCUT2D eigenvalue weighted by Gasteiger charge is 2.06. The standard InChI is InChI=1S/C13H19N3O.C13H19NO.C4H6/c1-3-4-5-6-10-9-11(13(14)16-15)7-8-12(10)17-2;1-4-5-6-9-13(12-14-2)10-7-8-11-15-3;1-3-4-2/h3-4,7-9H,5-6,15H2,1-2H3,(H2,14,16);4-7,9-10,12H,2,8,11H2,1,3H3;3-4H,1-2H2/b4-3+;5-4-,9-6-,10-7-,13-12-;. The van der Waals surface area contributed by atoms with E-state index in [0.29, 0.717) is 5.84 Å². The maximum Gasteiger partial charge on any atom is 0.150 e. The fourth-order valence-corrected chi connectivity index (χ4v) is 2.54. The highest BCUT2D eigenvalue weighted by Crippen LogP contribution is 2.21. The maximum atomic E-state index is 5.68. The van der Waals surface area contributed by atoms with Gasteiger partial charge in [-0.15, -0.1) is 0 Å². The van der Waals surface area contributed by atoms with Crippen LogP contribution in [0.5, 0.6) is 5.75 Å². The third kappa shape index (κ3) is 18.5. The molecule has 0 radical (unpaired) electrons. The van der Waals surface area contributed by atoms with Gasteiger partial charge in [-0.3, -0.25) is 4.99 Å². The van der Waals surface area contributed by atoms with Crippen molar-refractivity contribution in [3.8, 4) is 5.75 Å². The van der Waals surface area contributed by atoms with Gasteiger partial charge in [0.15, 0.2) is 0 Å². The fraction of sp³-hybridized carbons (Fsp3) is 0.267. The monoisotopic (exact) mass is 492 g/mol. The van der Waals surface area contributed by atoms with Crippen LogP contribution < -0.4 is 16.3 Å². The number of hydrazone groups is 1. The molecule has 0 aliphatic heterocycles. The van der Waals surface area contributed by atoms with Crippen molar-refractivity contribution >= 4 is 12.6 Å². The van der Waals surface area contributed by atoms with Gasteiger partial charge in [0.25, 0.3) is 0 Å². The van der Waals surface area contributed by atoms with Gasteiger partial charge < -0.3 is 21.1 Å². The molecular weight excluding hydrogens is 448 g/mol. The Kier molecular flexibility index (Phi) is 24.5. The average molecular weight is 493 g/mol. The van der Waals surface area contributed by atoms with Crippen LogP contribution >= 0.6 is 0 Å². The molecule has 0 saturated carbocycles. The maximum absolute atomic E-state index is 5.68. The van der Waals surface area contributed by atoms with Crippen LogP contribution in [0.4, 0.5) is 0 Å². The van der Waals surface area contributed by atoms with Crippen LogP contribution in [0.2, 0.25) is 0 Å². The van der Waals surface area contributed by atoms with Crippen molar-refractivity contribution in [1.82, 2.24) is 0 Å². The molecule has 0 bridgehead atoms. The van der Waals surface area contributed by atoms with Gasteiger partial charge in [-0.2, -0.15) is 5.10 Å². The summed E-state index contributed by atoms with van der Waals surface area (Å²) in [5, 5.41) is 3.49. The van der Waals surface area contributed by atoms with Crippen molar-refractivity contribution in [3.63, 3.8) is 0 Å². The molecule has 0 saturated heterocycles. The topological polar surface area (TPSA) is 95.2 Å². The normalized spacial score (nSPS) is 11.8. The second-order valence-electron chi connectivity index (χ2n) is 7.00. The minimum atomic E-state index is 0.333. The molecule has 0 heterocycles. The number of aryl methyl sites for hydroxylation is 1. The zero-order chi connectivity index (χ0) is 27.4. The number of methoxy groups -OCH3 is 2. The van der Waals surface area contributed by atoms with E-state index >= 15 is 0 Å². The van der Waals surface area contributed by atoms with Crippen molar-refractivity contribution in [1.29, 1.82) is 0 Å². The lowest BCUT2D eigenvalue weighted by molar-refractivity contribution is 0.204. The zero-order valence-corrected chi connectivity index (χ0v) is 22.4. The van der Waals surface area contributed by atoms with Crippen LogP contribution in [0.15, 0.2) is 114 Å². The van der Waals surface area contributed by atoms with E-state index in [0.717, 1.165) is 48.3 Å². The minimum absolute atomic E-state index is 0.333. The molecule has 0 aliphatic carbocycles. The molecule has 0 amide bonds. The first-order chi connectivity index (χ1) is 17.5. The van der Waals surface area contributed by atoms with E-state index in [9.17, 15) is 0 Å². The van der Waals surface area contributed by atoms with Crippen molar-refractivity contribution in [2.24, 2.45) is 21.7 Å². The predicted octanol–water partition coefficient (Wildman–Crippen LogP) is 6.44. The highest BCUT2D eigenvalue weighted by molar-refractivity contribution is 5.97. The van der Waals surface area contributed by atoms with Crippen LogP contribution in [-0.2, 0) is 11.2 Å². The Morgan fingerprint density at radius 3 is 2.25 bits per heavy atom. The van der Waals surface area contributed by atoms with Gasteiger partial charge in [-0.05, 0) is 69.2 Å². The van der Waals surface area contributed by atoms with Crippen molar-refractivity contribution in [3.05, 3.63) is 115 Å². The van der Waals surface area contributed by atoms with E-state index in [1.165, 1.54) is 0 Å². The lowest BCUT2D eigenvalue weighted by atomic mass is 10.0. The van der Waals surface area contributed by atoms with Crippen molar-refractivity contribution in [2.45, 2.75) is 33.1 Å². The molecule has 0 fully saturated rings. The van der Waals surface area contributed by atoms with Gasteiger partial charge in [0, 0.05) is 25.5 Å². The Morgan fingerprint density at radius 2 is 1.72 bits per heavy atom. The van der Waals surface area contributed by atoms with E-state index in [1.807, 2.05) is 68.5 Å². The molecule has 0 spiro atoms. The molecule has 0 aliphatic rings. The van der Waals surface area contributed by atoms with Crippen LogP contribution in [-0.4, -0.2) is 33.4 Å². The van der Waals surface area contributed by atoms with E-state index in [-0.39, 0.29) is 0 Å². The van der Waals surface area contributed by atoms with Gasteiger partial charge in [-0.25, -0.2) is 0 Å². The number of aliphatic imine (C=N–C) groups is 1. The molecule has 4 N–H and O–H groups in total. The highest BCUT2D eigenvalue weighted by atomic mass is 16.5. The van der Waals surface area contributed by atoms with Crippen molar-refractivity contribution in [2.75, 3.05) is 20.8 Å². The summed E-state index contributed by atoms with van der Waals surface area (Å²) in [4.78, 5) is 3.74. The molecule has 6 heteroatoms. The first-order valence-electron chi connectivity index (χ1n) is 11.6. The van der Waals surface area contributed by atoms with E-state index in [1.54, 1.807) is 32.6 Å². The van der Waals surface area contributed by atoms with Crippen LogP contribution in [0.3, 0.4) is 0 Å². The molecule has 0 unspecified atom stereocenters. The number of ether oxygens (including phenoxy) is 2. The van der Waals surface area contributed by atoms with Gasteiger partial charge in [0.2, 0.25) is 0 Å². The third-order valence-corrected chi connectivity index (χ3v) is 4.33. The Balaban J connectivity index is 0. The number of allylic oxidation sites excluding steroid dienone is 10. The Hall–Kier alpha value is -3.90. The molecule has 196 valence electrons. The van der Waals surface area contributed by atoms with Crippen LogP contribution in [0.25, 0.3) is 0 Å². The van der Waals surface area contributed by atoms with E-state index < -0.39 is 0 Å². The lowest BCUT2D eigenvalue weighted by Crippen LogP contribution is -2.15. The molecule has 1 aromatic rings. The Labute approximate surface area is 218 Å². The number of nitrogens with two attached hydrogens (primary N) is 2. The SMILES string of the molecule is C/C=C/CCc1cc(/C(N)=N/N)ccc1OC.C=CC=C.C=N/C=C(/C=C\C=C/C)\C=C/CCOC. The summed E-state index contributed by atoms with van der Waals surface area (Å²) < 4.78 is 10.3. The Morgan fingerprint density at radius 1 is 1.00 bits per heavy atom. The molecule has 0 atom stereocenters. The summed E-state index contributed by atoms with van der Waals surface area (Å²) >= 11 is 0. The van der Waals surface area contributed by atoms with Gasteiger partial charge in [0.1, 0.15) is 11.6 Å². The zero-order valence-electron chi connectivity index (χ0n) is 22.4. The number of benzene rings is 1. The first-order valence-corrected chi connectivity index (χ1v) is 11.6. The quantitative estimate of drug-likeness (QED) is 0.0630. The molecule has 36 heavy (non-hydrogen) atoms. The summed E-state index contributed by atoms with van der Waals surface area (Å²) in [5.74, 6) is 6.36. The smallest absolute Gasteiger partial charge is 0.150 e. The summed E-state index contributed by atoms with van der Waals surface area (Å²) in [6.45, 7) is 14.9. The summed E-state index contributed by atoms with van der Waals surface area (Å²) in [7, 11) is 3.36. The first kappa shape index (κ1) is 34.3. The van der Waals surface area contributed by atoms with E-state index in [4.69, 9.17) is 21.1 Å². The van der Waals surface area contributed by atoms with Crippen LogP contribution in [0, 0.1) is 0 Å². The summed E-state index contributed by atoms with van der Waals surface area (Å²) in [6, 6.07) is 5.70. The van der Waals surface area contributed by atoms with Gasteiger partial charge >= 0.3 is 0 Å². The largest absolute Gasteiger partial charge is 0.496 e. The molecular formula is C30H44N4O2. The molecule has 0 aromatic heterocycles. The number of nitrogens with zero attached hydrogens (tertiary/aromatic N) is 2. The number of hydrogen-bond acceptors (Lipinski definition) is 5. The average Bonchev–Trinajstić information content (AvgIpc) is 2.91. The summed E-state index contributed by atoms with van der Waals surface area (Å²) in [5.41, 5.74) is 8.64. The molecule has 1 rings (SSSR count). The molecule has 1 aromatic carbocycles. The number of amidine groups is 1. The van der Waals surface area contributed by atoms with Gasteiger partial charge in [-0.1, -0.05) is 73.9 Å². The minimum Gasteiger partial charge on any atom is -0.496 e. The van der Waals surface area contributed by atoms with Gasteiger partial charge in [0.05, 0.1) is 7.11 Å². The number of hydrogen-bond donors (Lipinski definition) is 2. The molecule has 6 nitrogen and oxygen atoms in total. The third-order valence-electron chi connectivity index (χ3n) is 4.33. The number of rotatable bonds is 13. The van der Waals surface area contributed by atoms with E-state index in [2.05, 4.69) is 42.1 Å². The predicted molar refractivity (Wildman–Crippen MR) is 159 cm³/mol. The second-order valence-corrected chi connectivity index (χ2v) is 7.00.